The molecule has 4 N–H and O–H groups in total. The first kappa shape index (κ1) is 84.1. The van der Waals surface area contributed by atoms with Gasteiger partial charge in [0, 0.05) is 36.1 Å². The van der Waals surface area contributed by atoms with Gasteiger partial charge in [0.05, 0.1) is 58.4 Å². The number of Topliss-reactive ketones (excluding diaryl/α,β-unsaturated/α-hetero) is 1. The van der Waals surface area contributed by atoms with Crippen LogP contribution >= 0.6 is 209 Å². The number of carbonyl (C=O) groups is 1. The van der Waals surface area contributed by atoms with Gasteiger partial charge in [-0.3, -0.25) is 4.79 Å². The van der Waals surface area contributed by atoms with Crippen molar-refractivity contribution in [2.45, 2.75) is 185 Å². The molecule has 0 aromatic heterocycles. The van der Waals surface area contributed by atoms with E-state index in [1.54, 1.807) is 34.6 Å². The highest BCUT2D eigenvalue weighted by Crippen LogP contribution is 2.37. The molecular weight excluding hydrogens is 1440 g/mol. The van der Waals surface area contributed by atoms with Crippen molar-refractivity contribution >= 4 is 226 Å². The van der Waals surface area contributed by atoms with E-state index in [1.807, 2.05) is 20.8 Å². The number of halogens is 18. The number of rotatable bonds is 25. The zero-order valence-electron chi connectivity index (χ0n) is 46.2. The summed E-state index contributed by atoms with van der Waals surface area (Å²) in [5.74, 6) is 1.26. The normalized spacial score (nSPS) is 19.4. The van der Waals surface area contributed by atoms with Crippen molar-refractivity contribution < 1.29 is 53.3 Å². The van der Waals surface area contributed by atoms with Crippen LogP contribution in [-0.4, -0.2) is 145 Å². The van der Waals surface area contributed by atoms with E-state index < -0.39 is 52.9 Å². The summed E-state index contributed by atoms with van der Waals surface area (Å²) >= 11 is 103. The van der Waals surface area contributed by atoms with Crippen LogP contribution in [0.25, 0.3) is 0 Å². The van der Waals surface area contributed by atoms with Crippen molar-refractivity contribution in [1.29, 1.82) is 0 Å². The SMILES string of the molecule is C/C(CO)=C(\CCC(OCC(Cl)(Cl)Cl)OCC(Cl)(Cl)Cl)C1=NC(C)(C)CO1.CC(C)(N)CO.CC1=C(CCC(OCC(Cl)(Cl)Cl)OCC(Cl)(Cl)Cl)CCC1=O.CC1CCC(=NC(C)(C)[O-])C1CCC(OCC(Cl)(Cl)Cl)OCC(Cl)(Cl)Cl. The largest absolute Gasteiger partial charge is 0.833 e. The van der Waals surface area contributed by atoms with Gasteiger partial charge in [-0.1, -0.05) is 235 Å². The summed E-state index contributed by atoms with van der Waals surface area (Å²) in [5, 5.41) is 29.8. The number of aliphatic imine (C=N–C) groups is 2. The summed E-state index contributed by atoms with van der Waals surface area (Å²) in [6.07, 6.45) is 4.04. The van der Waals surface area contributed by atoms with E-state index in [0.29, 0.717) is 63.4 Å². The lowest BCUT2D eigenvalue weighted by atomic mass is 9.91. The lowest BCUT2D eigenvalue weighted by molar-refractivity contribution is -0.462. The molecule has 3 aliphatic rings. The van der Waals surface area contributed by atoms with Crippen LogP contribution in [-0.2, 0) is 38.0 Å². The summed E-state index contributed by atoms with van der Waals surface area (Å²) in [6.45, 7) is 15.7. The standard InChI is InChI=1S/C16H23Cl6NO4.C16H24Cl6NO3.C13H16Cl6O3.C4H11NO/c1-10(6-24)11(13-23-14(2,3)7-27-13)4-5-12(25-8-15(17,18)19)26-9-16(20,21)22;1-10-4-6-12(23-14(2,3)24)11(10)5-7-13(25-8-15(17,18)19)26-9-16(20,21)22;1-8-9(2-4-10(8)20)3-5-11(21-6-12(14,15)16)22-7-13(17,18)19;1-4(2,5)3-6/h12,24H,4-9H2,1-3H3;10-11,13H,4-9H2,1-3H3;11H,2-7H2,1H3;6H,3,5H2,1-2H3/q;-1;;/b11-10-;;;. The molecule has 0 spiro atoms. The second-order valence-corrected chi connectivity index (χ2v) is 36.0. The maximum Gasteiger partial charge on any atom is 0.213 e. The molecule has 3 rings (SSSR count). The predicted octanol–water partition coefficient (Wildman–Crippen LogP) is 16.1. The lowest BCUT2D eigenvalue weighted by Crippen LogP contribution is -2.36. The van der Waals surface area contributed by atoms with E-state index in [1.165, 1.54) is 0 Å². The fourth-order valence-electron chi connectivity index (χ4n) is 7.15. The summed E-state index contributed by atoms with van der Waals surface area (Å²) in [6, 6.07) is 0. The van der Waals surface area contributed by atoms with E-state index in [-0.39, 0.29) is 70.1 Å². The van der Waals surface area contributed by atoms with Crippen molar-refractivity contribution in [3.63, 3.8) is 0 Å². The molecule has 478 valence electrons. The van der Waals surface area contributed by atoms with Gasteiger partial charge in [0.25, 0.3) is 0 Å². The predicted molar refractivity (Wildman–Crippen MR) is 339 cm³/mol. The number of hydrogen-bond acceptors (Lipinski definition) is 14. The van der Waals surface area contributed by atoms with Crippen molar-refractivity contribution in [2.75, 3.05) is 59.5 Å². The second kappa shape index (κ2) is 38.2. The Labute approximate surface area is 568 Å². The Morgan fingerprint density at radius 1 is 0.691 bits per heavy atom. The number of carbonyl (C=O) groups excluding carboxylic acids is 1. The van der Waals surface area contributed by atoms with Crippen LogP contribution in [0.2, 0.25) is 0 Å². The van der Waals surface area contributed by atoms with Crippen molar-refractivity contribution in [3.05, 3.63) is 22.3 Å². The average molecular weight is 1520 g/mol. The number of hydrogen-bond donors (Lipinski definition) is 3. The van der Waals surface area contributed by atoms with Gasteiger partial charge in [0.1, 0.15) is 6.61 Å². The molecule has 2 atom stereocenters. The molecule has 0 aromatic carbocycles. The number of alkyl halides is 18. The van der Waals surface area contributed by atoms with Crippen LogP contribution in [0.5, 0.6) is 0 Å². The molecule has 81 heavy (non-hydrogen) atoms. The third-order valence-electron chi connectivity index (χ3n) is 11.0. The van der Waals surface area contributed by atoms with Crippen LogP contribution in [0.3, 0.4) is 0 Å². The summed E-state index contributed by atoms with van der Waals surface area (Å²) < 4.78 is 29.2. The first-order valence-electron chi connectivity index (χ1n) is 25.0. The summed E-state index contributed by atoms with van der Waals surface area (Å²) in [4.78, 5) is 20.4. The molecule has 1 fully saturated rings. The minimum atomic E-state index is -1.61. The fourth-order valence-corrected chi connectivity index (χ4v) is 8.29. The molecule has 0 bridgehead atoms. The van der Waals surface area contributed by atoms with Gasteiger partial charge in [0.15, 0.2) is 24.7 Å². The van der Waals surface area contributed by atoms with E-state index in [4.69, 9.17) is 253 Å². The van der Waals surface area contributed by atoms with Crippen LogP contribution in [0, 0.1) is 11.8 Å². The maximum absolute atomic E-state index is 12.0. The zero-order valence-corrected chi connectivity index (χ0v) is 59.8. The van der Waals surface area contributed by atoms with Crippen LogP contribution in [0.4, 0.5) is 0 Å². The minimum absolute atomic E-state index is 0.0486. The van der Waals surface area contributed by atoms with Gasteiger partial charge in [0.2, 0.25) is 28.7 Å². The number of nitrogens with two attached hydrogens (primary N) is 1. The zero-order chi connectivity index (χ0) is 63.2. The van der Waals surface area contributed by atoms with Gasteiger partial charge in [-0.15, -0.1) is 0 Å². The third kappa shape index (κ3) is 45.9. The van der Waals surface area contributed by atoms with Gasteiger partial charge < -0.3 is 59.2 Å². The van der Waals surface area contributed by atoms with E-state index >= 15 is 0 Å². The monoisotopic (exact) mass is 1510 g/mol. The smallest absolute Gasteiger partial charge is 0.213 e. The molecule has 0 radical (unpaired) electrons. The number of aliphatic hydroxyl groups is 2. The fraction of sp³-hybridized carbons (Fsp3) is 0.857. The van der Waals surface area contributed by atoms with E-state index in [9.17, 15) is 15.0 Å². The molecule has 1 aliphatic heterocycles. The molecular formula is C49H74Cl18N3O11-. The van der Waals surface area contributed by atoms with Gasteiger partial charge in [-0.25, -0.2) is 4.99 Å². The number of ether oxygens (including phenoxy) is 7. The molecule has 0 saturated heterocycles. The maximum atomic E-state index is 12.0. The second-order valence-electron chi connectivity index (χ2n) is 20.9. The molecule has 1 heterocycles. The summed E-state index contributed by atoms with van der Waals surface area (Å²) in [5.41, 5.74) is 7.55. The molecule has 0 aromatic rings. The van der Waals surface area contributed by atoms with Gasteiger partial charge >= 0.3 is 0 Å². The molecule has 0 amide bonds. The highest BCUT2D eigenvalue weighted by molar-refractivity contribution is 6.70. The number of nitrogens with zero attached hydrogens (tertiary/aromatic N) is 2. The van der Waals surface area contributed by atoms with E-state index in [2.05, 4.69) is 16.9 Å². The Morgan fingerprint density at radius 2 is 1.07 bits per heavy atom. The number of aliphatic hydroxyl groups excluding tert-OH is 2. The third-order valence-corrected chi connectivity index (χ3v) is 13.0. The van der Waals surface area contributed by atoms with Gasteiger partial charge in [-0.2, -0.15) is 0 Å². The lowest BCUT2D eigenvalue weighted by Gasteiger charge is -2.29. The molecule has 2 unspecified atom stereocenters. The van der Waals surface area contributed by atoms with E-state index in [0.717, 1.165) is 47.3 Å². The van der Waals surface area contributed by atoms with Crippen molar-refractivity contribution in [2.24, 2.45) is 27.6 Å². The Morgan fingerprint density at radius 3 is 1.38 bits per heavy atom. The van der Waals surface area contributed by atoms with Crippen LogP contribution in [0.15, 0.2) is 32.3 Å². The molecule has 1 saturated carbocycles. The van der Waals surface area contributed by atoms with Crippen molar-refractivity contribution in [3.8, 4) is 0 Å². The van der Waals surface area contributed by atoms with Gasteiger partial charge in [-0.05, 0) is 115 Å². The quantitative estimate of drug-likeness (QED) is 0.0579. The number of ketones is 1. The topological polar surface area (TPSA) is 196 Å². The first-order valence-corrected chi connectivity index (χ1v) is 31.8. The average Bonchev–Trinajstić information content (AvgIpc) is 3.94. The Kier molecular flexibility index (Phi) is 39.7. The Hall–Kier alpha value is 3.11. The first-order chi connectivity index (χ1) is 36.4. The Bertz CT molecular complexity index is 1930. The highest BCUT2D eigenvalue weighted by atomic mass is 35.6. The van der Waals surface area contributed by atoms with Crippen LogP contribution in [0.1, 0.15) is 127 Å². The number of allylic oxidation sites excluding steroid dienone is 2. The molecule has 2 aliphatic carbocycles. The minimum Gasteiger partial charge on any atom is -0.833 e. The molecule has 14 nitrogen and oxygen atoms in total. The van der Waals surface area contributed by atoms with Crippen LogP contribution < -0.4 is 10.8 Å². The van der Waals surface area contributed by atoms with Crippen molar-refractivity contribution in [1.82, 2.24) is 0 Å². The molecule has 32 heteroatoms. The summed E-state index contributed by atoms with van der Waals surface area (Å²) in [7, 11) is 0. The Balaban J connectivity index is 0.00000113. The highest BCUT2D eigenvalue weighted by Gasteiger charge is 2.35.